The number of halogens is 1. The SMILES string of the molecule is C=CCCc1ccc2cc(C#Cc3ccc(CCCCCCC)cc3)ccc2c1F. The monoisotopic (exact) mass is 398 g/mol. The first-order valence-electron chi connectivity index (χ1n) is 11.1. The third-order valence-corrected chi connectivity index (χ3v) is 5.53. The molecule has 0 saturated heterocycles. The molecule has 0 spiro atoms. The number of hydrogen-bond donors (Lipinski definition) is 0. The molecule has 30 heavy (non-hydrogen) atoms. The van der Waals surface area contributed by atoms with Crippen LogP contribution in [0.3, 0.4) is 0 Å². The molecule has 3 rings (SSSR count). The van der Waals surface area contributed by atoms with E-state index in [1.165, 1.54) is 37.7 Å². The fourth-order valence-electron chi connectivity index (χ4n) is 3.70. The smallest absolute Gasteiger partial charge is 0.134 e. The summed E-state index contributed by atoms with van der Waals surface area (Å²) in [5.41, 5.74) is 4.04. The highest BCUT2D eigenvalue weighted by atomic mass is 19.1. The van der Waals surface area contributed by atoms with Gasteiger partial charge in [-0.3, -0.25) is 0 Å². The van der Waals surface area contributed by atoms with Gasteiger partial charge in [0, 0.05) is 16.5 Å². The number of hydrogen-bond acceptors (Lipinski definition) is 0. The highest BCUT2D eigenvalue weighted by molar-refractivity contribution is 5.85. The van der Waals surface area contributed by atoms with E-state index in [1.807, 2.05) is 36.4 Å². The summed E-state index contributed by atoms with van der Waals surface area (Å²) >= 11 is 0. The molecule has 0 nitrogen and oxygen atoms in total. The quantitative estimate of drug-likeness (QED) is 0.194. The number of aryl methyl sites for hydroxylation is 2. The van der Waals surface area contributed by atoms with Gasteiger partial charge in [-0.05, 0) is 66.5 Å². The summed E-state index contributed by atoms with van der Waals surface area (Å²) in [5, 5.41) is 1.55. The highest BCUT2D eigenvalue weighted by Gasteiger charge is 2.07. The van der Waals surface area contributed by atoms with Crippen molar-refractivity contribution in [2.24, 2.45) is 0 Å². The summed E-state index contributed by atoms with van der Waals surface area (Å²) in [7, 11) is 0. The summed E-state index contributed by atoms with van der Waals surface area (Å²) in [6, 6.07) is 18.1. The standard InChI is InChI=1S/C29H31F/c1-3-5-7-8-9-10-23-12-14-24(15-13-23)16-17-25-18-21-28-27(22-25)20-19-26(29(28)30)11-6-4-2/h4,12-15,18-22H,2-3,5-11H2,1H3. The Hall–Kier alpha value is -2.85. The Kier molecular flexibility index (Phi) is 8.28. The summed E-state index contributed by atoms with van der Waals surface area (Å²) in [4.78, 5) is 0. The van der Waals surface area contributed by atoms with Gasteiger partial charge in [0.05, 0.1) is 0 Å². The van der Waals surface area contributed by atoms with Gasteiger partial charge in [0.2, 0.25) is 0 Å². The van der Waals surface area contributed by atoms with E-state index in [9.17, 15) is 4.39 Å². The predicted molar refractivity (Wildman–Crippen MR) is 127 cm³/mol. The topological polar surface area (TPSA) is 0 Å². The van der Waals surface area contributed by atoms with Crippen molar-refractivity contribution in [3.05, 3.63) is 95.3 Å². The first-order chi connectivity index (χ1) is 14.7. The maximum absolute atomic E-state index is 14.7. The molecular weight excluding hydrogens is 367 g/mol. The van der Waals surface area contributed by atoms with Crippen LogP contribution in [-0.2, 0) is 12.8 Å². The van der Waals surface area contributed by atoms with Crippen LogP contribution in [0.25, 0.3) is 10.8 Å². The third kappa shape index (κ3) is 6.07. The average Bonchev–Trinajstić information content (AvgIpc) is 2.78. The fourth-order valence-corrected chi connectivity index (χ4v) is 3.70. The lowest BCUT2D eigenvalue weighted by Gasteiger charge is -2.06. The average molecular weight is 399 g/mol. The second-order valence-electron chi connectivity index (χ2n) is 7.91. The molecule has 0 atom stereocenters. The van der Waals surface area contributed by atoms with Gasteiger partial charge in [-0.15, -0.1) is 6.58 Å². The number of unbranched alkanes of at least 4 members (excludes halogenated alkanes) is 4. The van der Waals surface area contributed by atoms with Gasteiger partial charge in [0.25, 0.3) is 0 Å². The number of rotatable bonds is 9. The molecule has 0 unspecified atom stereocenters. The van der Waals surface area contributed by atoms with Crippen LogP contribution in [0.4, 0.5) is 4.39 Å². The Balaban J connectivity index is 1.66. The van der Waals surface area contributed by atoms with Crippen LogP contribution < -0.4 is 0 Å². The molecule has 0 fully saturated rings. The van der Waals surface area contributed by atoms with Crippen molar-refractivity contribution >= 4 is 10.8 Å². The van der Waals surface area contributed by atoms with Crippen molar-refractivity contribution in [1.29, 1.82) is 0 Å². The molecule has 0 bridgehead atoms. The van der Waals surface area contributed by atoms with E-state index >= 15 is 0 Å². The fraction of sp³-hybridized carbons (Fsp3) is 0.310. The summed E-state index contributed by atoms with van der Waals surface area (Å²) < 4.78 is 14.7. The maximum Gasteiger partial charge on any atom is 0.134 e. The Morgan fingerprint density at radius 3 is 2.33 bits per heavy atom. The second kappa shape index (κ2) is 11.4. The van der Waals surface area contributed by atoms with Crippen molar-refractivity contribution in [2.75, 3.05) is 0 Å². The van der Waals surface area contributed by atoms with Crippen molar-refractivity contribution in [3.8, 4) is 11.8 Å². The minimum atomic E-state index is -0.126. The summed E-state index contributed by atoms with van der Waals surface area (Å²) in [6.45, 7) is 5.96. The molecule has 0 saturated carbocycles. The van der Waals surface area contributed by atoms with Crippen LogP contribution >= 0.6 is 0 Å². The van der Waals surface area contributed by atoms with Gasteiger partial charge in [0.1, 0.15) is 5.82 Å². The van der Waals surface area contributed by atoms with Gasteiger partial charge in [-0.25, -0.2) is 4.39 Å². The molecule has 154 valence electrons. The van der Waals surface area contributed by atoms with E-state index in [0.717, 1.165) is 34.9 Å². The number of allylic oxidation sites excluding steroid dienone is 1. The molecule has 0 N–H and O–H groups in total. The van der Waals surface area contributed by atoms with Crippen LogP contribution in [0.5, 0.6) is 0 Å². The van der Waals surface area contributed by atoms with Gasteiger partial charge in [-0.2, -0.15) is 0 Å². The van der Waals surface area contributed by atoms with Crippen LogP contribution in [0.2, 0.25) is 0 Å². The van der Waals surface area contributed by atoms with Crippen molar-refractivity contribution in [2.45, 2.75) is 58.3 Å². The molecule has 3 aromatic carbocycles. The molecular formula is C29H31F. The lowest BCUT2D eigenvalue weighted by atomic mass is 10.0. The zero-order chi connectivity index (χ0) is 21.2. The van der Waals surface area contributed by atoms with Crippen LogP contribution in [0, 0.1) is 17.7 Å². The van der Waals surface area contributed by atoms with E-state index in [-0.39, 0.29) is 5.82 Å². The lowest BCUT2D eigenvalue weighted by Crippen LogP contribution is -1.92. The molecule has 0 radical (unpaired) electrons. The van der Waals surface area contributed by atoms with Gasteiger partial charge < -0.3 is 0 Å². The van der Waals surface area contributed by atoms with Crippen molar-refractivity contribution in [1.82, 2.24) is 0 Å². The highest BCUT2D eigenvalue weighted by Crippen LogP contribution is 2.23. The minimum Gasteiger partial charge on any atom is -0.206 e. The number of fused-ring (bicyclic) bond motifs is 1. The zero-order valence-corrected chi connectivity index (χ0v) is 18.0. The van der Waals surface area contributed by atoms with E-state index in [1.54, 1.807) is 0 Å². The van der Waals surface area contributed by atoms with E-state index < -0.39 is 0 Å². The molecule has 0 amide bonds. The maximum atomic E-state index is 14.7. The zero-order valence-electron chi connectivity index (χ0n) is 18.0. The van der Waals surface area contributed by atoms with Gasteiger partial charge in [-0.1, -0.05) is 80.9 Å². The molecule has 0 heterocycles. The molecule has 1 heteroatoms. The predicted octanol–water partition coefficient (Wildman–Crippen LogP) is 8.01. The third-order valence-electron chi connectivity index (χ3n) is 5.53. The van der Waals surface area contributed by atoms with Gasteiger partial charge in [0.15, 0.2) is 0 Å². The van der Waals surface area contributed by atoms with E-state index in [4.69, 9.17) is 0 Å². The van der Waals surface area contributed by atoms with Crippen molar-refractivity contribution in [3.63, 3.8) is 0 Å². The Morgan fingerprint density at radius 2 is 1.57 bits per heavy atom. The van der Waals surface area contributed by atoms with Crippen molar-refractivity contribution < 1.29 is 4.39 Å². The van der Waals surface area contributed by atoms with Crippen LogP contribution in [0.15, 0.2) is 67.3 Å². The van der Waals surface area contributed by atoms with Gasteiger partial charge >= 0.3 is 0 Å². The van der Waals surface area contributed by atoms with Crippen LogP contribution in [-0.4, -0.2) is 0 Å². The number of benzene rings is 3. The Morgan fingerprint density at radius 1 is 0.833 bits per heavy atom. The van der Waals surface area contributed by atoms with E-state index in [2.05, 4.69) is 49.6 Å². The van der Waals surface area contributed by atoms with Crippen LogP contribution in [0.1, 0.15) is 67.7 Å². The first kappa shape index (κ1) is 21.8. The normalized spacial score (nSPS) is 10.6. The second-order valence-corrected chi connectivity index (χ2v) is 7.91. The molecule has 0 aromatic heterocycles. The molecule has 0 aliphatic carbocycles. The largest absolute Gasteiger partial charge is 0.206 e. The Bertz CT molecular complexity index is 1030. The molecule has 0 aliphatic heterocycles. The summed E-state index contributed by atoms with van der Waals surface area (Å²) in [6.07, 6.45) is 11.0. The molecule has 3 aromatic rings. The first-order valence-corrected chi connectivity index (χ1v) is 11.1. The Labute approximate surface area is 180 Å². The summed E-state index contributed by atoms with van der Waals surface area (Å²) in [5.74, 6) is 6.33. The lowest BCUT2D eigenvalue weighted by molar-refractivity contribution is 0.621. The molecule has 0 aliphatic rings. The minimum absolute atomic E-state index is 0.126. The van der Waals surface area contributed by atoms with E-state index in [0.29, 0.717) is 11.8 Å².